The van der Waals surface area contributed by atoms with Crippen molar-refractivity contribution in [3.63, 3.8) is 0 Å². The molecule has 19 heavy (non-hydrogen) atoms. The van der Waals surface area contributed by atoms with Gasteiger partial charge in [0.1, 0.15) is 0 Å². The van der Waals surface area contributed by atoms with Gasteiger partial charge >= 0.3 is 5.97 Å². The molecule has 0 aromatic carbocycles. The van der Waals surface area contributed by atoms with E-state index >= 15 is 0 Å². The molecule has 0 spiro atoms. The number of aliphatic carboxylic acids is 1. The van der Waals surface area contributed by atoms with Gasteiger partial charge in [-0.1, -0.05) is 13.8 Å². The number of carbonyl (C=O) groups excluding carboxylic acids is 1. The Balaban J connectivity index is 2.20. The van der Waals surface area contributed by atoms with Crippen molar-refractivity contribution in [2.45, 2.75) is 46.0 Å². The molecule has 1 rings (SSSR count). The molecule has 0 aromatic heterocycles. The first-order valence-corrected chi connectivity index (χ1v) is 7.11. The van der Waals surface area contributed by atoms with Crippen molar-refractivity contribution in [1.82, 2.24) is 10.6 Å². The Hall–Kier alpha value is -1.10. The summed E-state index contributed by atoms with van der Waals surface area (Å²) in [6, 6.07) is 0. The summed E-state index contributed by atoms with van der Waals surface area (Å²) in [5, 5.41) is 14.9. The Morgan fingerprint density at radius 1 is 1.37 bits per heavy atom. The summed E-state index contributed by atoms with van der Waals surface area (Å²) >= 11 is 0. The largest absolute Gasteiger partial charge is 0.481 e. The minimum absolute atomic E-state index is 0.0452. The van der Waals surface area contributed by atoms with Crippen LogP contribution in [0, 0.1) is 11.3 Å². The number of piperidine rings is 1. The Morgan fingerprint density at radius 3 is 2.68 bits per heavy atom. The fourth-order valence-corrected chi connectivity index (χ4v) is 2.31. The zero-order chi connectivity index (χ0) is 14.3. The second-order valence-corrected chi connectivity index (χ2v) is 6.14. The van der Waals surface area contributed by atoms with Crippen LogP contribution in [-0.4, -0.2) is 36.6 Å². The summed E-state index contributed by atoms with van der Waals surface area (Å²) in [5.74, 6) is -0.539. The molecule has 1 fully saturated rings. The number of carbonyl (C=O) groups is 2. The first-order valence-electron chi connectivity index (χ1n) is 7.11. The Kier molecular flexibility index (Phi) is 6.28. The van der Waals surface area contributed by atoms with E-state index in [0.29, 0.717) is 13.0 Å². The van der Waals surface area contributed by atoms with Gasteiger partial charge in [0.2, 0.25) is 5.91 Å². The summed E-state index contributed by atoms with van der Waals surface area (Å²) in [5.41, 5.74) is -0.0452. The van der Waals surface area contributed by atoms with E-state index in [1.54, 1.807) is 0 Å². The van der Waals surface area contributed by atoms with E-state index in [2.05, 4.69) is 10.6 Å². The number of amides is 1. The molecule has 0 aliphatic carbocycles. The van der Waals surface area contributed by atoms with Crippen LogP contribution < -0.4 is 10.6 Å². The molecule has 0 unspecified atom stereocenters. The van der Waals surface area contributed by atoms with Crippen LogP contribution in [0.1, 0.15) is 46.0 Å². The number of hydrogen-bond acceptors (Lipinski definition) is 3. The van der Waals surface area contributed by atoms with Crippen LogP contribution in [-0.2, 0) is 9.59 Å². The first kappa shape index (κ1) is 16.0. The van der Waals surface area contributed by atoms with Gasteiger partial charge in [-0.3, -0.25) is 9.59 Å². The van der Waals surface area contributed by atoms with Gasteiger partial charge in [0.05, 0.1) is 5.92 Å². The van der Waals surface area contributed by atoms with Crippen LogP contribution in [0.5, 0.6) is 0 Å². The van der Waals surface area contributed by atoms with E-state index in [0.717, 1.165) is 32.4 Å². The molecule has 110 valence electrons. The average molecular weight is 270 g/mol. The second-order valence-electron chi connectivity index (χ2n) is 6.14. The quantitative estimate of drug-likeness (QED) is 0.653. The Bertz CT molecular complexity index is 310. The van der Waals surface area contributed by atoms with E-state index in [1.165, 1.54) is 0 Å². The minimum atomic E-state index is -0.759. The SMILES string of the molecule is CC(C)(CCNC(=O)[C@H]1CCCNC1)CCC(=O)O. The lowest BCUT2D eigenvalue weighted by Gasteiger charge is -2.25. The fraction of sp³-hybridized carbons (Fsp3) is 0.857. The normalized spacial score (nSPS) is 20.0. The van der Waals surface area contributed by atoms with Crippen molar-refractivity contribution in [2.75, 3.05) is 19.6 Å². The monoisotopic (exact) mass is 270 g/mol. The Labute approximate surface area is 115 Å². The molecule has 0 bridgehead atoms. The molecule has 0 aromatic rings. The topological polar surface area (TPSA) is 78.4 Å². The summed E-state index contributed by atoms with van der Waals surface area (Å²) in [6.07, 6.45) is 3.66. The van der Waals surface area contributed by atoms with Gasteiger partial charge in [0, 0.05) is 19.5 Å². The number of carboxylic acid groups (broad SMARTS) is 1. The predicted octanol–water partition coefficient (Wildman–Crippen LogP) is 1.38. The molecule has 1 heterocycles. The van der Waals surface area contributed by atoms with Crippen molar-refractivity contribution in [2.24, 2.45) is 11.3 Å². The van der Waals surface area contributed by atoms with Crippen molar-refractivity contribution in [1.29, 1.82) is 0 Å². The number of carboxylic acids is 1. The summed E-state index contributed by atoms with van der Waals surface area (Å²) in [7, 11) is 0. The maximum absolute atomic E-state index is 11.9. The Morgan fingerprint density at radius 2 is 2.11 bits per heavy atom. The van der Waals surface area contributed by atoms with E-state index in [-0.39, 0.29) is 23.7 Å². The maximum atomic E-state index is 11.9. The lowest BCUT2D eigenvalue weighted by molar-refractivity contribution is -0.137. The highest BCUT2D eigenvalue weighted by molar-refractivity contribution is 5.78. The van der Waals surface area contributed by atoms with E-state index < -0.39 is 5.97 Å². The van der Waals surface area contributed by atoms with Crippen LogP contribution in [0.2, 0.25) is 0 Å². The molecular weight excluding hydrogens is 244 g/mol. The lowest BCUT2D eigenvalue weighted by atomic mass is 9.84. The van der Waals surface area contributed by atoms with Crippen LogP contribution in [0.3, 0.4) is 0 Å². The van der Waals surface area contributed by atoms with Crippen LogP contribution >= 0.6 is 0 Å². The molecule has 1 saturated heterocycles. The minimum Gasteiger partial charge on any atom is -0.481 e. The number of nitrogens with one attached hydrogen (secondary N) is 2. The molecule has 3 N–H and O–H groups in total. The lowest BCUT2D eigenvalue weighted by Crippen LogP contribution is -2.41. The zero-order valence-corrected chi connectivity index (χ0v) is 12.0. The highest BCUT2D eigenvalue weighted by Gasteiger charge is 2.22. The van der Waals surface area contributed by atoms with Crippen molar-refractivity contribution >= 4 is 11.9 Å². The highest BCUT2D eigenvalue weighted by Crippen LogP contribution is 2.26. The molecule has 1 aliphatic heterocycles. The third-order valence-electron chi connectivity index (χ3n) is 3.78. The summed E-state index contributed by atoms with van der Waals surface area (Å²) < 4.78 is 0. The molecule has 5 nitrogen and oxygen atoms in total. The first-order chi connectivity index (χ1) is 8.91. The van der Waals surface area contributed by atoms with Crippen molar-refractivity contribution in [3.8, 4) is 0 Å². The highest BCUT2D eigenvalue weighted by atomic mass is 16.4. The van der Waals surface area contributed by atoms with Gasteiger partial charge in [-0.25, -0.2) is 0 Å². The van der Waals surface area contributed by atoms with Gasteiger partial charge in [-0.15, -0.1) is 0 Å². The molecular formula is C14H26N2O3. The van der Waals surface area contributed by atoms with Crippen LogP contribution in [0.4, 0.5) is 0 Å². The molecule has 0 radical (unpaired) electrons. The number of hydrogen-bond donors (Lipinski definition) is 3. The molecule has 1 aliphatic rings. The van der Waals surface area contributed by atoms with Gasteiger partial charge in [0.25, 0.3) is 0 Å². The smallest absolute Gasteiger partial charge is 0.303 e. The van der Waals surface area contributed by atoms with Crippen molar-refractivity contribution in [3.05, 3.63) is 0 Å². The third-order valence-corrected chi connectivity index (χ3v) is 3.78. The van der Waals surface area contributed by atoms with Crippen LogP contribution in [0.15, 0.2) is 0 Å². The van der Waals surface area contributed by atoms with Gasteiger partial charge in [-0.05, 0) is 37.6 Å². The number of rotatable bonds is 7. The van der Waals surface area contributed by atoms with E-state index in [4.69, 9.17) is 5.11 Å². The average Bonchev–Trinajstić information content (AvgIpc) is 2.37. The van der Waals surface area contributed by atoms with E-state index in [1.807, 2.05) is 13.8 Å². The van der Waals surface area contributed by atoms with Crippen molar-refractivity contribution < 1.29 is 14.7 Å². The second kappa shape index (κ2) is 7.48. The summed E-state index contributed by atoms with van der Waals surface area (Å²) in [4.78, 5) is 22.5. The maximum Gasteiger partial charge on any atom is 0.303 e. The summed E-state index contributed by atoms with van der Waals surface area (Å²) in [6.45, 7) is 6.50. The van der Waals surface area contributed by atoms with Crippen LogP contribution in [0.25, 0.3) is 0 Å². The van der Waals surface area contributed by atoms with Gasteiger partial charge in [0.15, 0.2) is 0 Å². The molecule has 5 heteroatoms. The molecule has 1 amide bonds. The fourth-order valence-electron chi connectivity index (χ4n) is 2.31. The van der Waals surface area contributed by atoms with E-state index in [9.17, 15) is 9.59 Å². The molecule has 1 atom stereocenters. The zero-order valence-electron chi connectivity index (χ0n) is 12.0. The van der Waals surface area contributed by atoms with Gasteiger partial charge < -0.3 is 15.7 Å². The molecule has 0 saturated carbocycles. The third kappa shape index (κ3) is 6.57. The van der Waals surface area contributed by atoms with Gasteiger partial charge in [-0.2, -0.15) is 0 Å². The predicted molar refractivity (Wildman–Crippen MR) is 73.9 cm³/mol. The standard InChI is InChI=1S/C14H26N2O3/c1-14(2,6-5-12(17)18)7-9-16-13(19)11-4-3-8-15-10-11/h11,15H,3-10H2,1-2H3,(H,16,19)(H,17,18)/t11-/m0/s1.